The van der Waals surface area contributed by atoms with Crippen LogP contribution in [0.5, 0.6) is 5.75 Å². The van der Waals surface area contributed by atoms with Gasteiger partial charge in [0.2, 0.25) is 0 Å². The van der Waals surface area contributed by atoms with Gasteiger partial charge in [-0.3, -0.25) is 0 Å². The second-order valence-electron chi connectivity index (χ2n) is 4.61. The first-order valence-electron chi connectivity index (χ1n) is 6.52. The van der Waals surface area contributed by atoms with Gasteiger partial charge in [-0.05, 0) is 36.2 Å². The fourth-order valence-electron chi connectivity index (χ4n) is 1.85. The molecule has 4 heteroatoms. The highest BCUT2D eigenvalue weighted by atomic mass is 19.1. The predicted molar refractivity (Wildman–Crippen MR) is 74.4 cm³/mol. The highest BCUT2D eigenvalue weighted by molar-refractivity contribution is 5.29. The minimum atomic E-state index is -0.602. The van der Waals surface area contributed by atoms with E-state index in [0.29, 0.717) is 11.3 Å². The standard InChI is InChI=1S/C16H17F2NO/c1-2-16(19)11-4-7-14(8-5-11)20-10-12-3-6-13(17)9-15(12)18/h3-9,16H,2,10,19H2,1H3. The minimum Gasteiger partial charge on any atom is -0.489 e. The first kappa shape index (κ1) is 14.5. The molecule has 2 N–H and O–H groups in total. The van der Waals surface area contributed by atoms with E-state index in [2.05, 4.69) is 0 Å². The fraction of sp³-hybridized carbons (Fsp3) is 0.250. The van der Waals surface area contributed by atoms with Gasteiger partial charge < -0.3 is 10.5 Å². The van der Waals surface area contributed by atoms with Crippen LogP contribution in [0.1, 0.15) is 30.5 Å². The molecule has 0 aliphatic carbocycles. The average molecular weight is 277 g/mol. The Morgan fingerprint density at radius 1 is 1.10 bits per heavy atom. The largest absolute Gasteiger partial charge is 0.489 e. The van der Waals surface area contributed by atoms with Crippen LogP contribution in [0, 0.1) is 11.6 Å². The molecule has 0 heterocycles. The predicted octanol–water partition coefficient (Wildman–Crippen LogP) is 3.95. The third-order valence-electron chi connectivity index (χ3n) is 3.16. The Balaban J connectivity index is 2.00. The zero-order chi connectivity index (χ0) is 14.5. The monoisotopic (exact) mass is 277 g/mol. The summed E-state index contributed by atoms with van der Waals surface area (Å²) in [7, 11) is 0. The van der Waals surface area contributed by atoms with Crippen LogP contribution in [-0.4, -0.2) is 0 Å². The molecule has 0 amide bonds. The van der Waals surface area contributed by atoms with E-state index in [1.165, 1.54) is 12.1 Å². The molecule has 2 aromatic carbocycles. The number of benzene rings is 2. The molecule has 0 saturated carbocycles. The Labute approximate surface area is 117 Å². The Morgan fingerprint density at radius 3 is 2.40 bits per heavy atom. The summed E-state index contributed by atoms with van der Waals surface area (Å²) in [5, 5.41) is 0. The summed E-state index contributed by atoms with van der Waals surface area (Å²) < 4.78 is 31.7. The van der Waals surface area contributed by atoms with Gasteiger partial charge in [0.25, 0.3) is 0 Å². The summed E-state index contributed by atoms with van der Waals surface area (Å²) in [5.74, 6) is -0.570. The van der Waals surface area contributed by atoms with E-state index >= 15 is 0 Å². The van der Waals surface area contributed by atoms with Crippen LogP contribution in [0.15, 0.2) is 42.5 Å². The van der Waals surface area contributed by atoms with Crippen molar-refractivity contribution in [3.63, 3.8) is 0 Å². The molecule has 2 rings (SSSR count). The summed E-state index contributed by atoms with van der Waals surface area (Å²) >= 11 is 0. The lowest BCUT2D eigenvalue weighted by Crippen LogP contribution is -2.08. The third kappa shape index (κ3) is 3.54. The van der Waals surface area contributed by atoms with E-state index in [-0.39, 0.29) is 12.6 Å². The topological polar surface area (TPSA) is 35.2 Å². The van der Waals surface area contributed by atoms with Crippen molar-refractivity contribution in [3.8, 4) is 5.75 Å². The molecule has 106 valence electrons. The van der Waals surface area contributed by atoms with Crippen LogP contribution < -0.4 is 10.5 Å². The van der Waals surface area contributed by atoms with Gasteiger partial charge in [-0.1, -0.05) is 19.1 Å². The van der Waals surface area contributed by atoms with Gasteiger partial charge in [0.1, 0.15) is 24.0 Å². The highest BCUT2D eigenvalue weighted by Gasteiger charge is 2.06. The van der Waals surface area contributed by atoms with Crippen molar-refractivity contribution in [3.05, 3.63) is 65.2 Å². The molecule has 0 radical (unpaired) electrons. The lowest BCUT2D eigenvalue weighted by molar-refractivity contribution is 0.299. The number of hydrogen-bond donors (Lipinski definition) is 1. The Hall–Kier alpha value is -1.94. The molecular weight excluding hydrogens is 260 g/mol. The zero-order valence-corrected chi connectivity index (χ0v) is 11.3. The third-order valence-corrected chi connectivity index (χ3v) is 3.16. The Bertz CT molecular complexity index is 569. The molecule has 2 nitrogen and oxygen atoms in total. The zero-order valence-electron chi connectivity index (χ0n) is 11.3. The minimum absolute atomic E-state index is 0.0126. The summed E-state index contributed by atoms with van der Waals surface area (Å²) in [4.78, 5) is 0. The Kier molecular flexibility index (Phi) is 4.69. The van der Waals surface area contributed by atoms with E-state index in [0.717, 1.165) is 18.1 Å². The smallest absolute Gasteiger partial charge is 0.132 e. The average Bonchev–Trinajstić information content (AvgIpc) is 2.46. The van der Waals surface area contributed by atoms with E-state index in [9.17, 15) is 8.78 Å². The van der Waals surface area contributed by atoms with Crippen molar-refractivity contribution >= 4 is 0 Å². The summed E-state index contributed by atoms with van der Waals surface area (Å²) in [5.41, 5.74) is 7.27. The lowest BCUT2D eigenvalue weighted by Gasteiger charge is -2.11. The molecule has 1 atom stereocenters. The quantitative estimate of drug-likeness (QED) is 0.898. The molecule has 0 bridgehead atoms. The number of nitrogens with two attached hydrogens (primary N) is 1. The van der Waals surface area contributed by atoms with Crippen LogP contribution in [0.25, 0.3) is 0 Å². The number of ether oxygens (including phenoxy) is 1. The number of hydrogen-bond acceptors (Lipinski definition) is 2. The van der Waals surface area contributed by atoms with E-state index < -0.39 is 11.6 Å². The molecule has 0 saturated heterocycles. The van der Waals surface area contributed by atoms with Crippen LogP contribution >= 0.6 is 0 Å². The maximum atomic E-state index is 13.4. The van der Waals surface area contributed by atoms with Crippen molar-refractivity contribution in [2.24, 2.45) is 5.73 Å². The van der Waals surface area contributed by atoms with Crippen LogP contribution in [0.3, 0.4) is 0 Å². The molecule has 2 aromatic rings. The SMILES string of the molecule is CCC(N)c1ccc(OCc2ccc(F)cc2F)cc1. The molecule has 20 heavy (non-hydrogen) atoms. The van der Waals surface area contributed by atoms with Gasteiger partial charge in [-0.25, -0.2) is 8.78 Å². The molecule has 1 unspecified atom stereocenters. The van der Waals surface area contributed by atoms with Gasteiger partial charge in [-0.2, -0.15) is 0 Å². The van der Waals surface area contributed by atoms with Crippen LogP contribution in [0.4, 0.5) is 8.78 Å². The number of rotatable bonds is 5. The molecule has 0 aliphatic rings. The molecular formula is C16H17F2NO. The normalized spacial score (nSPS) is 12.2. The second-order valence-corrected chi connectivity index (χ2v) is 4.61. The lowest BCUT2D eigenvalue weighted by atomic mass is 10.1. The Morgan fingerprint density at radius 2 is 1.80 bits per heavy atom. The summed E-state index contributed by atoms with van der Waals surface area (Å²) in [6, 6.07) is 10.8. The molecule has 0 aromatic heterocycles. The highest BCUT2D eigenvalue weighted by Crippen LogP contribution is 2.19. The van der Waals surface area contributed by atoms with Crippen molar-refractivity contribution in [1.29, 1.82) is 0 Å². The van der Waals surface area contributed by atoms with E-state index in [4.69, 9.17) is 10.5 Å². The van der Waals surface area contributed by atoms with Gasteiger partial charge in [0.15, 0.2) is 0 Å². The molecule has 0 fully saturated rings. The van der Waals surface area contributed by atoms with Gasteiger partial charge in [-0.15, -0.1) is 0 Å². The maximum absolute atomic E-state index is 13.4. The van der Waals surface area contributed by atoms with Crippen molar-refractivity contribution in [2.45, 2.75) is 26.0 Å². The molecule has 0 spiro atoms. The van der Waals surface area contributed by atoms with Crippen LogP contribution in [0.2, 0.25) is 0 Å². The van der Waals surface area contributed by atoms with E-state index in [1.807, 2.05) is 19.1 Å². The van der Waals surface area contributed by atoms with Crippen molar-refractivity contribution in [1.82, 2.24) is 0 Å². The van der Waals surface area contributed by atoms with Crippen molar-refractivity contribution < 1.29 is 13.5 Å². The van der Waals surface area contributed by atoms with Crippen molar-refractivity contribution in [2.75, 3.05) is 0 Å². The summed E-state index contributed by atoms with van der Waals surface area (Å²) in [6.07, 6.45) is 0.862. The van der Waals surface area contributed by atoms with Crippen LogP contribution in [-0.2, 0) is 6.61 Å². The maximum Gasteiger partial charge on any atom is 0.132 e. The molecule has 0 aliphatic heterocycles. The first-order valence-corrected chi connectivity index (χ1v) is 6.52. The van der Waals surface area contributed by atoms with Gasteiger partial charge in [0, 0.05) is 17.7 Å². The second kappa shape index (κ2) is 6.48. The van der Waals surface area contributed by atoms with Gasteiger partial charge in [0.05, 0.1) is 0 Å². The van der Waals surface area contributed by atoms with Gasteiger partial charge >= 0.3 is 0 Å². The first-order chi connectivity index (χ1) is 9.60. The summed E-state index contributed by atoms with van der Waals surface area (Å²) in [6.45, 7) is 2.08. The van der Waals surface area contributed by atoms with E-state index in [1.54, 1.807) is 12.1 Å². The fourth-order valence-corrected chi connectivity index (χ4v) is 1.85. The number of halogens is 2.